The van der Waals surface area contributed by atoms with E-state index in [-0.39, 0.29) is 13.0 Å². The van der Waals surface area contributed by atoms with Gasteiger partial charge in [-0.25, -0.2) is 4.57 Å². The van der Waals surface area contributed by atoms with Crippen molar-refractivity contribution in [3.8, 4) is 0 Å². The molecule has 0 spiro atoms. The number of unbranched alkanes of at least 4 members (excludes halogenated alkanes) is 28. The first-order chi connectivity index (χ1) is 31.2. The van der Waals surface area contributed by atoms with E-state index >= 15 is 0 Å². The SMILES string of the molecule is CC/C=C\C/C=C\C/C=C\C/C=C\CCCCCCCCCCCOCC(COP(=O)(O)OCC(N)C(=O)O)OC(=O)CCCCCCCCCCCCCCCCCCCCCC. The number of carbonyl (C=O) groups excluding carboxylic acids is 1. The Kier molecular flexibility index (Phi) is 47.3. The Hall–Kier alpha value is -2.07. The predicted octanol–water partition coefficient (Wildman–Crippen LogP) is 15.4. The van der Waals surface area contributed by atoms with Gasteiger partial charge in [0.2, 0.25) is 0 Å². The number of carboxylic acid groups (broad SMARTS) is 1. The molecule has 0 aromatic rings. The van der Waals surface area contributed by atoms with Gasteiger partial charge < -0.3 is 25.2 Å². The fourth-order valence-corrected chi connectivity index (χ4v) is 8.14. The highest BCUT2D eigenvalue weighted by Crippen LogP contribution is 2.43. The van der Waals surface area contributed by atoms with Crippen molar-refractivity contribution < 1.29 is 42.7 Å². The number of nitrogens with two attached hydrogens (primary N) is 1. The molecule has 0 saturated carbocycles. The lowest BCUT2D eigenvalue weighted by atomic mass is 10.0. The number of phosphoric acid groups is 1. The molecule has 3 unspecified atom stereocenters. The van der Waals surface area contributed by atoms with Crippen LogP contribution in [0.3, 0.4) is 0 Å². The summed E-state index contributed by atoms with van der Waals surface area (Å²) < 4.78 is 33.5. The molecule has 0 aliphatic carbocycles. The van der Waals surface area contributed by atoms with Gasteiger partial charge >= 0.3 is 19.8 Å². The van der Waals surface area contributed by atoms with Crippen LogP contribution in [0.4, 0.5) is 0 Å². The Morgan fingerprint density at radius 2 is 0.906 bits per heavy atom. The van der Waals surface area contributed by atoms with Crippen LogP contribution in [0.2, 0.25) is 0 Å². The minimum atomic E-state index is -4.62. The van der Waals surface area contributed by atoms with E-state index in [1.807, 2.05) is 0 Å². The molecule has 11 heteroatoms. The molecule has 0 radical (unpaired) electrons. The maximum Gasteiger partial charge on any atom is 0.472 e. The molecule has 0 amide bonds. The number of phosphoric ester groups is 1. The fourth-order valence-electron chi connectivity index (χ4n) is 7.36. The average molecular weight is 924 g/mol. The lowest BCUT2D eigenvalue weighted by Crippen LogP contribution is -2.34. The number of aliphatic carboxylic acids is 1. The smallest absolute Gasteiger partial charge is 0.472 e. The van der Waals surface area contributed by atoms with Gasteiger partial charge in [0.05, 0.1) is 19.8 Å². The minimum absolute atomic E-state index is 0.0144. The van der Waals surface area contributed by atoms with Crippen LogP contribution in [-0.4, -0.2) is 60.5 Å². The van der Waals surface area contributed by atoms with Gasteiger partial charge in [-0.1, -0.05) is 229 Å². The predicted molar refractivity (Wildman–Crippen MR) is 268 cm³/mol. The second-order valence-corrected chi connectivity index (χ2v) is 19.1. The van der Waals surface area contributed by atoms with E-state index in [4.69, 9.17) is 29.4 Å². The highest BCUT2D eigenvalue weighted by molar-refractivity contribution is 7.47. The molecule has 10 nitrogen and oxygen atoms in total. The normalized spacial score (nSPS) is 14.1. The van der Waals surface area contributed by atoms with Crippen LogP contribution in [-0.2, 0) is 32.7 Å². The summed E-state index contributed by atoms with van der Waals surface area (Å²) in [6, 6.07) is -1.47. The summed E-state index contributed by atoms with van der Waals surface area (Å²) in [5.41, 5.74) is 5.38. The lowest BCUT2D eigenvalue weighted by Gasteiger charge is -2.20. The number of allylic oxidation sites excluding steroid dienone is 8. The van der Waals surface area contributed by atoms with Gasteiger partial charge in [0.1, 0.15) is 12.1 Å². The van der Waals surface area contributed by atoms with Crippen molar-refractivity contribution in [3.63, 3.8) is 0 Å². The van der Waals surface area contributed by atoms with Gasteiger partial charge in [0, 0.05) is 13.0 Å². The lowest BCUT2D eigenvalue weighted by molar-refractivity contribution is -0.154. The van der Waals surface area contributed by atoms with Crippen LogP contribution < -0.4 is 5.73 Å². The summed E-state index contributed by atoms with van der Waals surface area (Å²) in [4.78, 5) is 33.7. The maximum absolute atomic E-state index is 12.7. The van der Waals surface area contributed by atoms with Crippen LogP contribution in [0, 0.1) is 0 Å². The summed E-state index contributed by atoms with van der Waals surface area (Å²) >= 11 is 0. The van der Waals surface area contributed by atoms with Crippen molar-refractivity contribution >= 4 is 19.8 Å². The molecule has 3 atom stereocenters. The highest BCUT2D eigenvalue weighted by Gasteiger charge is 2.27. The Morgan fingerprint density at radius 3 is 1.36 bits per heavy atom. The molecule has 4 N–H and O–H groups in total. The molecule has 0 aliphatic rings. The van der Waals surface area contributed by atoms with E-state index in [1.54, 1.807) is 0 Å². The van der Waals surface area contributed by atoms with Crippen molar-refractivity contribution in [1.29, 1.82) is 0 Å². The third kappa shape index (κ3) is 47.9. The first kappa shape index (κ1) is 61.9. The third-order valence-electron chi connectivity index (χ3n) is 11.4. The first-order valence-electron chi connectivity index (χ1n) is 26.2. The van der Waals surface area contributed by atoms with Gasteiger partial charge in [0.15, 0.2) is 0 Å². The van der Waals surface area contributed by atoms with Crippen molar-refractivity contribution in [3.05, 3.63) is 48.6 Å². The Bertz CT molecular complexity index is 1210. The number of esters is 1. The zero-order valence-corrected chi connectivity index (χ0v) is 42.0. The Labute approximate surface area is 392 Å². The van der Waals surface area contributed by atoms with E-state index in [0.717, 1.165) is 64.2 Å². The van der Waals surface area contributed by atoms with E-state index in [1.165, 1.54) is 148 Å². The average Bonchev–Trinajstić information content (AvgIpc) is 3.28. The highest BCUT2D eigenvalue weighted by atomic mass is 31.2. The number of rotatable bonds is 50. The number of ether oxygens (including phenoxy) is 2. The van der Waals surface area contributed by atoms with Crippen molar-refractivity contribution in [1.82, 2.24) is 0 Å². The van der Waals surface area contributed by atoms with Gasteiger partial charge in [0.25, 0.3) is 0 Å². The zero-order chi connectivity index (χ0) is 46.9. The second-order valence-electron chi connectivity index (χ2n) is 17.6. The number of carboxylic acids is 1. The van der Waals surface area contributed by atoms with E-state index in [0.29, 0.717) is 13.0 Å². The molecule has 374 valence electrons. The molecule has 0 aromatic carbocycles. The summed E-state index contributed by atoms with van der Waals surface area (Å²) in [5.74, 6) is -1.77. The molecule has 64 heavy (non-hydrogen) atoms. The van der Waals surface area contributed by atoms with Crippen LogP contribution in [0.15, 0.2) is 48.6 Å². The molecule has 0 rings (SSSR count). The third-order valence-corrected chi connectivity index (χ3v) is 12.3. The van der Waals surface area contributed by atoms with E-state index in [9.17, 15) is 19.0 Å². The van der Waals surface area contributed by atoms with Crippen LogP contribution in [0.5, 0.6) is 0 Å². The number of hydrogen-bond donors (Lipinski definition) is 3. The van der Waals surface area contributed by atoms with Crippen LogP contribution >= 0.6 is 7.82 Å². The monoisotopic (exact) mass is 924 g/mol. The minimum Gasteiger partial charge on any atom is -0.480 e. The topological polar surface area (TPSA) is 155 Å². The number of carbonyl (C=O) groups is 2. The number of hydrogen-bond acceptors (Lipinski definition) is 8. The van der Waals surface area contributed by atoms with Gasteiger partial charge in [-0.05, 0) is 51.4 Å². The summed E-state index contributed by atoms with van der Waals surface area (Å²) in [5, 5.41) is 8.93. The van der Waals surface area contributed by atoms with Gasteiger partial charge in [-0.3, -0.25) is 18.6 Å². The van der Waals surface area contributed by atoms with Crippen LogP contribution in [0.1, 0.15) is 239 Å². The molecule has 0 heterocycles. The van der Waals surface area contributed by atoms with E-state index in [2.05, 4.69) is 62.5 Å². The van der Waals surface area contributed by atoms with Crippen LogP contribution in [0.25, 0.3) is 0 Å². The van der Waals surface area contributed by atoms with E-state index < -0.39 is 45.1 Å². The molecular weight excluding hydrogens is 826 g/mol. The Balaban J connectivity index is 4.12. The van der Waals surface area contributed by atoms with Gasteiger partial charge in [-0.2, -0.15) is 0 Å². The van der Waals surface area contributed by atoms with Crippen molar-refractivity contribution in [2.45, 2.75) is 251 Å². The van der Waals surface area contributed by atoms with Gasteiger partial charge in [-0.15, -0.1) is 0 Å². The largest absolute Gasteiger partial charge is 0.480 e. The maximum atomic E-state index is 12.7. The molecule has 0 fully saturated rings. The summed E-state index contributed by atoms with van der Waals surface area (Å²) in [6.07, 6.45) is 58.8. The molecular formula is C53H98NO9P. The standard InChI is InChI=1S/C53H98NO9P/c1-3-5-7-9-11-13-15-17-19-21-23-25-26-28-30-32-34-36-38-40-42-44-46-60-47-50(48-61-64(58,59)62-49-51(54)53(56)57)63-52(55)45-43-41-39-37-35-33-31-29-27-24-22-20-18-16-14-12-10-8-6-4-2/h5,7,11,13,17,19,23,25,50-51H,3-4,6,8-10,12,14-16,18,20-22,24,26-49,54H2,1-2H3,(H,56,57)(H,58,59)/b7-5-,13-11-,19-17-,25-23-. The fraction of sp³-hybridized carbons (Fsp3) is 0.811. The zero-order valence-electron chi connectivity index (χ0n) is 41.1. The molecule has 0 saturated heterocycles. The summed E-state index contributed by atoms with van der Waals surface area (Å²) in [6.45, 7) is 3.80. The van der Waals surface area contributed by atoms with Crippen molar-refractivity contribution in [2.24, 2.45) is 5.73 Å². The Morgan fingerprint density at radius 1 is 0.516 bits per heavy atom. The first-order valence-corrected chi connectivity index (χ1v) is 27.7. The van der Waals surface area contributed by atoms with Crippen molar-refractivity contribution in [2.75, 3.05) is 26.4 Å². The molecule has 0 aliphatic heterocycles. The quantitative estimate of drug-likeness (QED) is 0.0232. The molecule has 0 aromatic heterocycles. The second kappa shape index (κ2) is 48.9. The summed E-state index contributed by atoms with van der Waals surface area (Å²) in [7, 11) is -4.62. The molecule has 0 bridgehead atoms.